The summed E-state index contributed by atoms with van der Waals surface area (Å²) in [5.74, 6) is 0. The van der Waals surface area contributed by atoms with E-state index < -0.39 is 10.0 Å². The summed E-state index contributed by atoms with van der Waals surface area (Å²) in [4.78, 5) is 2.16. The van der Waals surface area contributed by atoms with Gasteiger partial charge in [-0.1, -0.05) is 0 Å². The first-order chi connectivity index (χ1) is 8.46. The zero-order chi connectivity index (χ0) is 13.2. The first kappa shape index (κ1) is 14.2. The van der Waals surface area contributed by atoms with Crippen molar-refractivity contribution >= 4 is 10.0 Å². The van der Waals surface area contributed by atoms with E-state index >= 15 is 0 Å². The van der Waals surface area contributed by atoms with E-state index in [9.17, 15) is 8.42 Å². The minimum atomic E-state index is -3.17. The summed E-state index contributed by atoms with van der Waals surface area (Å²) in [7, 11) is 0.909. The molecule has 18 heavy (non-hydrogen) atoms. The molecule has 2 N–H and O–H groups in total. The Morgan fingerprint density at radius 3 is 2.50 bits per heavy atom. The highest BCUT2D eigenvalue weighted by Gasteiger charge is 2.40. The van der Waals surface area contributed by atoms with E-state index in [0.29, 0.717) is 13.1 Å². The molecular weight excluding hydrogens is 250 g/mol. The van der Waals surface area contributed by atoms with Crippen molar-refractivity contribution in [3.05, 3.63) is 0 Å². The summed E-state index contributed by atoms with van der Waals surface area (Å²) in [6, 6.07) is 0. The van der Waals surface area contributed by atoms with Crippen molar-refractivity contribution in [3.8, 4) is 0 Å². The van der Waals surface area contributed by atoms with Crippen LogP contribution in [0, 0.1) is 0 Å². The van der Waals surface area contributed by atoms with Crippen LogP contribution in [-0.2, 0) is 10.0 Å². The van der Waals surface area contributed by atoms with E-state index in [2.05, 4.69) is 14.9 Å². The van der Waals surface area contributed by atoms with Gasteiger partial charge in [-0.15, -0.1) is 0 Å². The zero-order valence-corrected chi connectivity index (χ0v) is 12.2. The summed E-state index contributed by atoms with van der Waals surface area (Å²) < 4.78 is 27.3. The highest BCUT2D eigenvalue weighted by molar-refractivity contribution is 7.90. The molecule has 1 saturated heterocycles. The molecular formula is C12H25N3O2S. The monoisotopic (exact) mass is 275 g/mol. The number of sulfonamides is 1. The van der Waals surface area contributed by atoms with Gasteiger partial charge in [0, 0.05) is 18.6 Å². The van der Waals surface area contributed by atoms with Crippen LogP contribution in [0.5, 0.6) is 0 Å². The Morgan fingerprint density at radius 1 is 1.33 bits per heavy atom. The van der Waals surface area contributed by atoms with Crippen molar-refractivity contribution in [2.24, 2.45) is 0 Å². The lowest BCUT2D eigenvalue weighted by Gasteiger charge is -2.47. The first-order valence-electron chi connectivity index (χ1n) is 6.83. The van der Waals surface area contributed by atoms with Crippen LogP contribution in [0.4, 0.5) is 0 Å². The smallest absolute Gasteiger partial charge is 0.215 e. The Hall–Kier alpha value is -0.170. The molecule has 1 aliphatic heterocycles. The second-order valence-corrected chi connectivity index (χ2v) is 7.85. The standard InChI is InChI=1S/C12H25N3O2S/c1-15(2)12(6-4-7-12)10-14-18(16,17)11-5-3-8-13-9-11/h11,13-14H,3-10H2,1-2H3. The zero-order valence-electron chi connectivity index (χ0n) is 11.4. The molecule has 0 bridgehead atoms. The van der Waals surface area contributed by atoms with Gasteiger partial charge in [-0.05, 0) is 52.7 Å². The minimum absolute atomic E-state index is 0.0508. The molecule has 1 unspecified atom stereocenters. The van der Waals surface area contributed by atoms with Gasteiger partial charge in [0.1, 0.15) is 0 Å². The Balaban J connectivity index is 1.92. The van der Waals surface area contributed by atoms with E-state index in [-0.39, 0.29) is 10.8 Å². The Labute approximate surface area is 110 Å². The normalized spacial score (nSPS) is 28.1. The summed E-state index contributed by atoms with van der Waals surface area (Å²) in [6.45, 7) is 2.08. The number of hydrogen-bond acceptors (Lipinski definition) is 4. The summed E-state index contributed by atoms with van der Waals surface area (Å²) in [5.41, 5.74) is 0.0508. The predicted octanol–water partition coefficient (Wildman–Crippen LogP) is 0.142. The van der Waals surface area contributed by atoms with Crippen LogP contribution in [0.15, 0.2) is 0 Å². The van der Waals surface area contributed by atoms with Gasteiger partial charge in [-0.25, -0.2) is 13.1 Å². The Morgan fingerprint density at radius 2 is 2.06 bits per heavy atom. The second kappa shape index (κ2) is 5.45. The first-order valence-corrected chi connectivity index (χ1v) is 8.38. The van der Waals surface area contributed by atoms with E-state index in [1.807, 2.05) is 14.1 Å². The van der Waals surface area contributed by atoms with Crippen molar-refractivity contribution < 1.29 is 8.42 Å². The third-order valence-electron chi connectivity index (χ3n) is 4.53. The molecule has 0 radical (unpaired) electrons. The molecule has 1 saturated carbocycles. The van der Waals surface area contributed by atoms with Gasteiger partial charge in [0.2, 0.25) is 10.0 Å². The third kappa shape index (κ3) is 2.87. The fourth-order valence-electron chi connectivity index (χ4n) is 2.80. The number of nitrogens with one attached hydrogen (secondary N) is 2. The molecule has 0 aromatic carbocycles. The largest absolute Gasteiger partial charge is 0.315 e. The average molecular weight is 275 g/mol. The summed E-state index contributed by atoms with van der Waals surface area (Å²) in [6.07, 6.45) is 5.10. The van der Waals surface area contributed by atoms with Gasteiger partial charge >= 0.3 is 0 Å². The highest BCUT2D eigenvalue weighted by Crippen LogP contribution is 2.35. The minimum Gasteiger partial charge on any atom is -0.315 e. The van der Waals surface area contributed by atoms with Gasteiger partial charge in [0.05, 0.1) is 5.25 Å². The van der Waals surface area contributed by atoms with Crippen LogP contribution in [0.3, 0.4) is 0 Å². The molecule has 0 spiro atoms. The quantitative estimate of drug-likeness (QED) is 0.749. The van der Waals surface area contributed by atoms with Gasteiger partial charge in [0.15, 0.2) is 0 Å². The van der Waals surface area contributed by atoms with Crippen LogP contribution >= 0.6 is 0 Å². The molecule has 0 aromatic rings. The molecule has 1 aliphatic carbocycles. The molecule has 0 aromatic heterocycles. The number of nitrogens with zero attached hydrogens (tertiary/aromatic N) is 1. The van der Waals surface area contributed by atoms with Crippen LogP contribution in [-0.4, -0.2) is 57.8 Å². The maximum atomic E-state index is 12.2. The summed E-state index contributed by atoms with van der Waals surface area (Å²) >= 11 is 0. The fraction of sp³-hybridized carbons (Fsp3) is 1.00. The number of hydrogen-bond donors (Lipinski definition) is 2. The lowest BCUT2D eigenvalue weighted by atomic mass is 9.76. The lowest BCUT2D eigenvalue weighted by Crippen LogP contribution is -2.58. The van der Waals surface area contributed by atoms with Crippen LogP contribution in [0.1, 0.15) is 32.1 Å². The van der Waals surface area contributed by atoms with Crippen molar-refractivity contribution in [2.45, 2.75) is 42.9 Å². The number of piperidine rings is 1. The highest BCUT2D eigenvalue weighted by atomic mass is 32.2. The molecule has 2 rings (SSSR count). The van der Waals surface area contributed by atoms with Crippen molar-refractivity contribution in [1.29, 1.82) is 0 Å². The number of likely N-dealkylation sites (N-methyl/N-ethyl adjacent to an activating group) is 1. The van der Waals surface area contributed by atoms with Gasteiger partial charge < -0.3 is 10.2 Å². The predicted molar refractivity (Wildman–Crippen MR) is 73.1 cm³/mol. The molecule has 6 heteroatoms. The topological polar surface area (TPSA) is 61.4 Å². The molecule has 2 aliphatic rings. The van der Waals surface area contributed by atoms with Crippen LogP contribution in [0.25, 0.3) is 0 Å². The maximum Gasteiger partial charge on any atom is 0.215 e. The fourth-order valence-corrected chi connectivity index (χ4v) is 4.32. The average Bonchev–Trinajstić information content (AvgIpc) is 2.28. The van der Waals surface area contributed by atoms with Crippen molar-refractivity contribution in [3.63, 3.8) is 0 Å². The lowest BCUT2D eigenvalue weighted by molar-refractivity contribution is 0.0656. The third-order valence-corrected chi connectivity index (χ3v) is 6.35. The summed E-state index contributed by atoms with van der Waals surface area (Å²) in [5, 5.41) is 2.90. The molecule has 1 heterocycles. The van der Waals surface area contributed by atoms with Gasteiger partial charge in [-0.2, -0.15) is 0 Å². The van der Waals surface area contributed by atoms with Gasteiger partial charge in [-0.3, -0.25) is 0 Å². The van der Waals surface area contributed by atoms with E-state index in [4.69, 9.17) is 0 Å². The van der Waals surface area contributed by atoms with Gasteiger partial charge in [0.25, 0.3) is 0 Å². The molecule has 1 atom stereocenters. The van der Waals surface area contributed by atoms with Crippen molar-refractivity contribution in [1.82, 2.24) is 14.9 Å². The van der Waals surface area contributed by atoms with E-state index in [1.54, 1.807) is 0 Å². The molecule has 0 amide bonds. The SMILES string of the molecule is CN(C)C1(CNS(=O)(=O)C2CCCNC2)CCC1. The second-order valence-electron chi connectivity index (χ2n) is 5.81. The van der Waals surface area contributed by atoms with Crippen molar-refractivity contribution in [2.75, 3.05) is 33.7 Å². The van der Waals surface area contributed by atoms with Crippen LogP contribution in [0.2, 0.25) is 0 Å². The van der Waals surface area contributed by atoms with E-state index in [1.165, 1.54) is 6.42 Å². The maximum absolute atomic E-state index is 12.2. The number of rotatable bonds is 5. The Kier molecular flexibility index (Phi) is 4.31. The Bertz CT molecular complexity index is 371. The molecule has 5 nitrogen and oxygen atoms in total. The van der Waals surface area contributed by atoms with Crippen LogP contribution < -0.4 is 10.0 Å². The molecule has 2 fully saturated rings. The molecule has 106 valence electrons. The van der Waals surface area contributed by atoms with E-state index in [0.717, 1.165) is 32.2 Å².